The zero-order valence-electron chi connectivity index (χ0n) is 12.8. The van der Waals surface area contributed by atoms with Gasteiger partial charge in [-0.3, -0.25) is 4.79 Å². The summed E-state index contributed by atoms with van der Waals surface area (Å²) in [6.45, 7) is 11.9. The smallest absolute Gasteiger partial charge is 0.243 e. The molecule has 5 heteroatoms. The molecule has 2 unspecified atom stereocenters. The third-order valence-electron chi connectivity index (χ3n) is 3.05. The first-order valence-electron chi connectivity index (χ1n) is 6.73. The van der Waals surface area contributed by atoms with Crippen molar-refractivity contribution in [3.8, 4) is 0 Å². The summed E-state index contributed by atoms with van der Waals surface area (Å²) in [5.74, 6) is 0.274. The van der Waals surface area contributed by atoms with Crippen LogP contribution in [0.25, 0.3) is 0 Å². The number of nitrogens with one attached hydrogen (secondary N) is 1. The van der Waals surface area contributed by atoms with Crippen LogP contribution >= 0.6 is 0 Å². The standard InChI is InChI=1S/C14H26N4O/c1-9(2)12(15)11-7-16-8-18(11)10(3)13(19)17-14(4,5)6/h7-10,12H,15H2,1-6H3,(H,17,19). The van der Waals surface area contributed by atoms with Crippen LogP contribution in [-0.4, -0.2) is 21.0 Å². The number of hydrogen-bond donors (Lipinski definition) is 2. The number of carbonyl (C=O) groups excluding carboxylic acids is 1. The fourth-order valence-electron chi connectivity index (χ4n) is 1.84. The van der Waals surface area contributed by atoms with Gasteiger partial charge < -0.3 is 15.6 Å². The molecule has 1 heterocycles. The minimum atomic E-state index is -0.318. The van der Waals surface area contributed by atoms with Crippen LogP contribution in [0.3, 0.4) is 0 Å². The highest BCUT2D eigenvalue weighted by molar-refractivity contribution is 5.80. The quantitative estimate of drug-likeness (QED) is 0.875. The maximum absolute atomic E-state index is 12.2. The number of rotatable bonds is 4. The summed E-state index contributed by atoms with van der Waals surface area (Å²) >= 11 is 0. The zero-order chi connectivity index (χ0) is 14.8. The summed E-state index contributed by atoms with van der Waals surface area (Å²) in [7, 11) is 0. The van der Waals surface area contributed by atoms with E-state index >= 15 is 0 Å². The molecule has 1 aromatic heterocycles. The summed E-state index contributed by atoms with van der Waals surface area (Å²) in [6.07, 6.45) is 3.41. The summed E-state index contributed by atoms with van der Waals surface area (Å²) in [4.78, 5) is 16.3. The van der Waals surface area contributed by atoms with Gasteiger partial charge in [-0.15, -0.1) is 0 Å². The van der Waals surface area contributed by atoms with Crippen molar-refractivity contribution in [3.63, 3.8) is 0 Å². The van der Waals surface area contributed by atoms with Crippen LogP contribution in [-0.2, 0) is 4.79 Å². The molecule has 0 spiro atoms. The van der Waals surface area contributed by atoms with E-state index in [1.165, 1.54) is 0 Å². The summed E-state index contributed by atoms with van der Waals surface area (Å²) in [5.41, 5.74) is 6.81. The molecule has 0 bridgehead atoms. The first kappa shape index (κ1) is 15.7. The predicted molar refractivity (Wildman–Crippen MR) is 76.6 cm³/mol. The number of nitrogens with zero attached hydrogens (tertiary/aromatic N) is 2. The van der Waals surface area contributed by atoms with E-state index in [0.717, 1.165) is 5.69 Å². The minimum absolute atomic E-state index is 0.0253. The molecule has 1 aromatic rings. The van der Waals surface area contributed by atoms with Crippen LogP contribution in [0.15, 0.2) is 12.5 Å². The fourth-order valence-corrected chi connectivity index (χ4v) is 1.84. The van der Waals surface area contributed by atoms with Gasteiger partial charge in [-0.25, -0.2) is 4.98 Å². The molecule has 0 aliphatic heterocycles. The SMILES string of the molecule is CC(C)C(N)c1cncn1C(C)C(=O)NC(C)(C)C. The van der Waals surface area contributed by atoms with E-state index in [9.17, 15) is 4.79 Å². The Balaban J connectivity index is 2.92. The molecule has 0 aliphatic rings. The average Bonchev–Trinajstić information content (AvgIpc) is 2.72. The average molecular weight is 266 g/mol. The third kappa shape index (κ3) is 4.06. The molecular formula is C14H26N4O. The van der Waals surface area contributed by atoms with E-state index in [-0.39, 0.29) is 23.5 Å². The molecule has 0 radical (unpaired) electrons. The van der Waals surface area contributed by atoms with Gasteiger partial charge in [0.15, 0.2) is 0 Å². The van der Waals surface area contributed by atoms with Gasteiger partial charge in [0.2, 0.25) is 5.91 Å². The topological polar surface area (TPSA) is 72.9 Å². The van der Waals surface area contributed by atoms with Crippen molar-refractivity contribution in [3.05, 3.63) is 18.2 Å². The Morgan fingerprint density at radius 2 is 1.95 bits per heavy atom. The first-order valence-corrected chi connectivity index (χ1v) is 6.73. The normalized spacial score (nSPS) is 15.4. The van der Waals surface area contributed by atoms with Crippen molar-refractivity contribution in [1.82, 2.24) is 14.9 Å². The summed E-state index contributed by atoms with van der Waals surface area (Å²) < 4.78 is 1.85. The molecule has 1 rings (SSSR count). The monoisotopic (exact) mass is 266 g/mol. The zero-order valence-corrected chi connectivity index (χ0v) is 12.8. The molecule has 0 fully saturated rings. The Hall–Kier alpha value is -1.36. The largest absolute Gasteiger partial charge is 0.350 e. The van der Waals surface area contributed by atoms with Crippen molar-refractivity contribution in [1.29, 1.82) is 0 Å². The van der Waals surface area contributed by atoms with Gasteiger partial charge in [0, 0.05) is 17.8 Å². The molecule has 3 N–H and O–H groups in total. The maximum Gasteiger partial charge on any atom is 0.243 e. The molecule has 2 atom stereocenters. The molecular weight excluding hydrogens is 240 g/mol. The van der Waals surface area contributed by atoms with Crippen molar-refractivity contribution in [2.24, 2.45) is 11.7 Å². The predicted octanol–water partition coefficient (Wildman–Crippen LogP) is 2.01. The number of hydrogen-bond acceptors (Lipinski definition) is 3. The number of nitrogens with two attached hydrogens (primary N) is 1. The highest BCUT2D eigenvalue weighted by atomic mass is 16.2. The molecule has 5 nitrogen and oxygen atoms in total. The second-order valence-electron chi connectivity index (χ2n) is 6.41. The van der Waals surface area contributed by atoms with Crippen LogP contribution in [0.4, 0.5) is 0 Å². The van der Waals surface area contributed by atoms with Crippen molar-refractivity contribution < 1.29 is 4.79 Å². The lowest BCUT2D eigenvalue weighted by molar-refractivity contribution is -0.125. The van der Waals surface area contributed by atoms with Crippen molar-refractivity contribution >= 4 is 5.91 Å². The lowest BCUT2D eigenvalue weighted by Gasteiger charge is -2.26. The van der Waals surface area contributed by atoms with Gasteiger partial charge in [-0.05, 0) is 33.6 Å². The van der Waals surface area contributed by atoms with Crippen LogP contribution in [0.1, 0.15) is 59.3 Å². The van der Waals surface area contributed by atoms with Gasteiger partial charge >= 0.3 is 0 Å². The molecule has 0 saturated heterocycles. The van der Waals surface area contributed by atoms with E-state index in [1.807, 2.05) is 32.3 Å². The second kappa shape index (κ2) is 5.74. The Morgan fingerprint density at radius 1 is 1.37 bits per heavy atom. The van der Waals surface area contributed by atoms with Crippen LogP contribution in [0.2, 0.25) is 0 Å². The van der Waals surface area contributed by atoms with Crippen LogP contribution < -0.4 is 11.1 Å². The van der Waals surface area contributed by atoms with Gasteiger partial charge in [-0.1, -0.05) is 13.8 Å². The number of imidazole rings is 1. The highest BCUT2D eigenvalue weighted by Crippen LogP contribution is 2.22. The van der Waals surface area contributed by atoms with Crippen molar-refractivity contribution in [2.75, 3.05) is 0 Å². The van der Waals surface area contributed by atoms with Crippen LogP contribution in [0, 0.1) is 5.92 Å². The van der Waals surface area contributed by atoms with Crippen molar-refractivity contribution in [2.45, 2.75) is 59.2 Å². The molecule has 1 amide bonds. The fraction of sp³-hybridized carbons (Fsp3) is 0.714. The van der Waals surface area contributed by atoms with E-state index in [0.29, 0.717) is 5.92 Å². The van der Waals surface area contributed by atoms with E-state index in [2.05, 4.69) is 24.1 Å². The lowest BCUT2D eigenvalue weighted by atomic mass is 10.0. The Morgan fingerprint density at radius 3 is 2.42 bits per heavy atom. The summed E-state index contributed by atoms with van der Waals surface area (Å²) in [6, 6.07) is -0.436. The minimum Gasteiger partial charge on any atom is -0.350 e. The lowest BCUT2D eigenvalue weighted by Crippen LogP contribution is -2.44. The summed E-state index contributed by atoms with van der Waals surface area (Å²) in [5, 5.41) is 2.97. The first-order chi connectivity index (χ1) is 8.63. The van der Waals surface area contributed by atoms with E-state index < -0.39 is 0 Å². The van der Waals surface area contributed by atoms with Gasteiger partial charge in [-0.2, -0.15) is 0 Å². The van der Waals surface area contributed by atoms with E-state index in [4.69, 9.17) is 5.73 Å². The Kier molecular flexibility index (Phi) is 4.74. The number of carbonyl (C=O) groups is 1. The second-order valence-corrected chi connectivity index (χ2v) is 6.41. The Bertz CT molecular complexity index is 431. The van der Waals surface area contributed by atoms with Gasteiger partial charge in [0.25, 0.3) is 0 Å². The molecule has 0 saturated carbocycles. The van der Waals surface area contributed by atoms with Gasteiger partial charge in [0.1, 0.15) is 6.04 Å². The van der Waals surface area contributed by atoms with E-state index in [1.54, 1.807) is 12.5 Å². The molecule has 0 aromatic carbocycles. The third-order valence-corrected chi connectivity index (χ3v) is 3.05. The van der Waals surface area contributed by atoms with Crippen LogP contribution in [0.5, 0.6) is 0 Å². The number of amides is 1. The highest BCUT2D eigenvalue weighted by Gasteiger charge is 2.24. The maximum atomic E-state index is 12.2. The van der Waals surface area contributed by atoms with Gasteiger partial charge in [0.05, 0.1) is 12.0 Å². The number of aromatic nitrogens is 2. The molecule has 19 heavy (non-hydrogen) atoms. The molecule has 108 valence electrons. The Labute approximate surface area is 115 Å². The molecule has 0 aliphatic carbocycles.